The van der Waals surface area contributed by atoms with E-state index >= 15 is 0 Å². The zero-order chi connectivity index (χ0) is 16.0. The third-order valence-corrected chi connectivity index (χ3v) is 4.48. The fraction of sp³-hybridized carbons (Fsp3) is 0.353. The first-order valence-electron chi connectivity index (χ1n) is 7.85. The maximum atomic E-state index is 12.4. The number of hydrogen-bond donors (Lipinski definition) is 2. The summed E-state index contributed by atoms with van der Waals surface area (Å²) in [5, 5.41) is 10.9. The molecule has 0 radical (unpaired) electrons. The number of anilines is 2. The molecular formula is C17H18N4O2. The molecule has 0 atom stereocenters. The summed E-state index contributed by atoms with van der Waals surface area (Å²) < 4.78 is 7.57. The number of nitrogens with zero attached hydrogens (tertiary/aromatic N) is 2. The Hall–Kier alpha value is -2.63. The molecule has 0 spiro atoms. The Morgan fingerprint density at radius 3 is 2.87 bits per heavy atom. The number of rotatable bonds is 1. The Labute approximate surface area is 133 Å². The lowest BCUT2D eigenvalue weighted by atomic mass is 9.93. The minimum atomic E-state index is -0.269. The van der Waals surface area contributed by atoms with Gasteiger partial charge < -0.3 is 15.5 Å². The minimum absolute atomic E-state index is 0.0948. The van der Waals surface area contributed by atoms with Gasteiger partial charge in [0.2, 0.25) is 0 Å². The Morgan fingerprint density at radius 1 is 1.30 bits per heavy atom. The summed E-state index contributed by atoms with van der Waals surface area (Å²) in [4.78, 5) is 16.5. The molecule has 1 aromatic carbocycles. The lowest BCUT2D eigenvalue weighted by molar-refractivity contribution is 0.395. The molecule has 2 aromatic rings. The highest BCUT2D eigenvalue weighted by Gasteiger charge is 2.24. The van der Waals surface area contributed by atoms with Gasteiger partial charge in [-0.1, -0.05) is 6.07 Å². The summed E-state index contributed by atoms with van der Waals surface area (Å²) in [6, 6.07) is 5.97. The summed E-state index contributed by atoms with van der Waals surface area (Å²) in [7, 11) is 0. The van der Waals surface area contributed by atoms with Crippen LogP contribution in [0.5, 0.6) is 11.5 Å². The van der Waals surface area contributed by atoms with Crippen LogP contribution in [-0.2, 0) is 0 Å². The molecular weight excluding hydrogens is 292 g/mol. The number of aryl methyl sites for hydroxylation is 1. The molecule has 0 amide bonds. The smallest absolute Gasteiger partial charge is 0.350 e. The maximum Gasteiger partial charge on any atom is 0.350 e. The van der Waals surface area contributed by atoms with E-state index in [0.717, 1.165) is 48.4 Å². The molecule has 1 aliphatic heterocycles. The molecule has 2 aliphatic rings. The quantitative estimate of drug-likeness (QED) is 0.720. The topological polar surface area (TPSA) is 80.0 Å². The zero-order valence-corrected chi connectivity index (χ0v) is 12.9. The van der Waals surface area contributed by atoms with Crippen molar-refractivity contribution in [2.45, 2.75) is 38.6 Å². The van der Waals surface area contributed by atoms with Crippen molar-refractivity contribution in [2.75, 3.05) is 5.32 Å². The average Bonchev–Trinajstić information content (AvgIpc) is 2.53. The van der Waals surface area contributed by atoms with E-state index in [1.54, 1.807) is 10.8 Å². The van der Waals surface area contributed by atoms with Crippen molar-refractivity contribution in [1.29, 1.82) is 5.41 Å². The maximum absolute atomic E-state index is 12.4. The van der Waals surface area contributed by atoms with Crippen LogP contribution in [0.3, 0.4) is 0 Å². The molecule has 1 aliphatic carbocycles. The fourth-order valence-corrected chi connectivity index (χ4v) is 3.18. The molecule has 4 rings (SSSR count). The largest absolute Gasteiger partial charge is 0.450 e. The second-order valence-corrected chi connectivity index (χ2v) is 6.21. The lowest BCUT2D eigenvalue weighted by Crippen LogP contribution is -2.30. The van der Waals surface area contributed by atoms with Gasteiger partial charge in [-0.2, -0.15) is 4.98 Å². The number of nitrogens with one attached hydrogen (secondary N) is 2. The SMILES string of the molecule is Cc1ccc2c(c1)Nc1nc(=O)n(C3CCC(=N)CC3)cc1O2. The predicted octanol–water partition coefficient (Wildman–Crippen LogP) is 3.54. The van der Waals surface area contributed by atoms with Crippen LogP contribution in [-0.4, -0.2) is 15.3 Å². The van der Waals surface area contributed by atoms with Crippen LogP contribution in [0.4, 0.5) is 11.5 Å². The van der Waals surface area contributed by atoms with Crippen LogP contribution < -0.4 is 15.7 Å². The number of aromatic nitrogens is 2. The number of hydrogen-bond acceptors (Lipinski definition) is 5. The van der Waals surface area contributed by atoms with Gasteiger partial charge in [0.05, 0.1) is 11.9 Å². The van der Waals surface area contributed by atoms with Gasteiger partial charge in [-0.3, -0.25) is 4.57 Å². The molecule has 1 fully saturated rings. The van der Waals surface area contributed by atoms with Gasteiger partial charge in [-0.15, -0.1) is 0 Å². The van der Waals surface area contributed by atoms with E-state index in [0.29, 0.717) is 11.6 Å². The first kappa shape index (κ1) is 14.0. The summed E-state index contributed by atoms with van der Waals surface area (Å²) in [5.74, 6) is 1.77. The highest BCUT2D eigenvalue weighted by Crippen LogP contribution is 2.40. The van der Waals surface area contributed by atoms with Crippen molar-refractivity contribution in [2.24, 2.45) is 0 Å². The molecule has 118 valence electrons. The van der Waals surface area contributed by atoms with Crippen LogP contribution in [0, 0.1) is 12.3 Å². The van der Waals surface area contributed by atoms with Crippen LogP contribution in [0.2, 0.25) is 0 Å². The summed E-state index contributed by atoms with van der Waals surface area (Å²) in [6.07, 6.45) is 4.86. The van der Waals surface area contributed by atoms with Crippen molar-refractivity contribution in [3.05, 3.63) is 40.4 Å². The van der Waals surface area contributed by atoms with Crippen LogP contribution in [0.15, 0.2) is 29.2 Å². The van der Waals surface area contributed by atoms with E-state index in [1.165, 1.54) is 0 Å². The van der Waals surface area contributed by atoms with Crippen molar-refractivity contribution in [3.8, 4) is 11.5 Å². The summed E-state index contributed by atoms with van der Waals surface area (Å²) in [5.41, 5.74) is 2.44. The van der Waals surface area contributed by atoms with E-state index in [-0.39, 0.29) is 11.7 Å². The number of benzene rings is 1. The second-order valence-electron chi connectivity index (χ2n) is 6.21. The molecule has 23 heavy (non-hydrogen) atoms. The Balaban J connectivity index is 1.69. The average molecular weight is 310 g/mol. The predicted molar refractivity (Wildman–Crippen MR) is 88.3 cm³/mol. The molecule has 1 aromatic heterocycles. The van der Waals surface area contributed by atoms with E-state index < -0.39 is 0 Å². The van der Waals surface area contributed by atoms with Crippen molar-refractivity contribution >= 4 is 17.2 Å². The molecule has 0 bridgehead atoms. The van der Waals surface area contributed by atoms with Gasteiger partial charge in [0.1, 0.15) is 0 Å². The van der Waals surface area contributed by atoms with Gasteiger partial charge >= 0.3 is 5.69 Å². The van der Waals surface area contributed by atoms with Gasteiger partial charge in [0.25, 0.3) is 0 Å². The van der Waals surface area contributed by atoms with Crippen LogP contribution in [0.25, 0.3) is 0 Å². The summed E-state index contributed by atoms with van der Waals surface area (Å²) >= 11 is 0. The highest BCUT2D eigenvalue weighted by molar-refractivity contribution is 5.82. The van der Waals surface area contributed by atoms with Crippen LogP contribution >= 0.6 is 0 Å². The molecule has 2 heterocycles. The van der Waals surface area contributed by atoms with Crippen molar-refractivity contribution in [3.63, 3.8) is 0 Å². The minimum Gasteiger partial charge on any atom is -0.450 e. The Bertz CT molecular complexity index is 846. The van der Waals surface area contributed by atoms with E-state index in [9.17, 15) is 4.79 Å². The van der Waals surface area contributed by atoms with E-state index in [2.05, 4.69) is 10.3 Å². The Kier molecular flexibility index (Phi) is 3.18. The zero-order valence-electron chi connectivity index (χ0n) is 12.9. The van der Waals surface area contributed by atoms with Gasteiger partial charge in [0, 0.05) is 11.8 Å². The molecule has 6 nitrogen and oxygen atoms in total. The third kappa shape index (κ3) is 2.50. The second kappa shape index (κ2) is 5.22. The molecule has 1 saturated carbocycles. The van der Waals surface area contributed by atoms with Crippen molar-refractivity contribution in [1.82, 2.24) is 9.55 Å². The molecule has 6 heteroatoms. The van der Waals surface area contributed by atoms with Gasteiger partial charge in [-0.25, -0.2) is 4.79 Å². The van der Waals surface area contributed by atoms with E-state index in [1.807, 2.05) is 25.1 Å². The first-order chi connectivity index (χ1) is 11.1. The first-order valence-corrected chi connectivity index (χ1v) is 7.85. The molecule has 0 saturated heterocycles. The highest BCUT2D eigenvalue weighted by atomic mass is 16.5. The molecule has 0 unspecified atom stereocenters. The standard InChI is InChI=1S/C17H18N4O2/c1-10-2-7-14-13(8-10)19-16-15(23-14)9-21(17(22)20-16)12-5-3-11(18)4-6-12/h2,7-9,12,18H,3-6H2,1H3,(H,19,20,22). The number of fused-ring (bicyclic) bond motifs is 2. The van der Waals surface area contributed by atoms with Gasteiger partial charge in [0.15, 0.2) is 17.3 Å². The normalized spacial score (nSPS) is 19.3. The Morgan fingerprint density at radius 2 is 2.09 bits per heavy atom. The third-order valence-electron chi connectivity index (χ3n) is 4.48. The molecule has 2 N–H and O–H groups in total. The van der Waals surface area contributed by atoms with Crippen molar-refractivity contribution < 1.29 is 4.74 Å². The number of ether oxygens (including phenoxy) is 1. The fourth-order valence-electron chi connectivity index (χ4n) is 3.18. The van der Waals surface area contributed by atoms with Gasteiger partial charge in [-0.05, 0) is 50.3 Å². The van der Waals surface area contributed by atoms with Crippen LogP contribution in [0.1, 0.15) is 37.3 Å². The summed E-state index contributed by atoms with van der Waals surface area (Å²) in [6.45, 7) is 2.00. The monoisotopic (exact) mass is 310 g/mol. The lowest BCUT2D eigenvalue weighted by Gasteiger charge is -2.26. The van der Waals surface area contributed by atoms with E-state index in [4.69, 9.17) is 10.1 Å².